The van der Waals surface area contributed by atoms with E-state index in [1.807, 2.05) is 55.7 Å². The lowest BCUT2D eigenvalue weighted by molar-refractivity contribution is -0.192. The van der Waals surface area contributed by atoms with Crippen LogP contribution in [0.5, 0.6) is 0 Å². The van der Waals surface area contributed by atoms with E-state index in [4.69, 9.17) is 21.5 Å². The number of aryl methyl sites for hydroxylation is 3. The summed E-state index contributed by atoms with van der Waals surface area (Å²) in [5.74, 6) is -1.70. The fraction of sp³-hybridized carbons (Fsp3) is 0.606. The summed E-state index contributed by atoms with van der Waals surface area (Å²) in [6.45, 7) is 12.6. The van der Waals surface area contributed by atoms with E-state index in [0.29, 0.717) is 54.6 Å². The number of carbonyl (C=O) groups is 3. The number of anilines is 1. The molecule has 2 aromatic rings. The highest BCUT2D eigenvalue weighted by Gasteiger charge is 2.42. The second kappa shape index (κ2) is 14.9. The molecule has 2 N–H and O–H groups in total. The number of carbonyl (C=O) groups excluding carboxylic acids is 2. The summed E-state index contributed by atoms with van der Waals surface area (Å²) in [6.07, 6.45) is 0.0157. The van der Waals surface area contributed by atoms with E-state index in [0.717, 1.165) is 61.8 Å². The molecule has 3 fully saturated rings. The van der Waals surface area contributed by atoms with Crippen molar-refractivity contribution in [2.24, 2.45) is 17.8 Å². The van der Waals surface area contributed by atoms with Gasteiger partial charge in [-0.3, -0.25) is 9.59 Å². The molecule has 47 heavy (non-hydrogen) atoms. The number of hydrogen-bond donors (Lipinski definition) is 2. The van der Waals surface area contributed by atoms with E-state index in [2.05, 4.69) is 14.9 Å². The summed E-state index contributed by atoms with van der Waals surface area (Å²) in [7, 11) is 0. The van der Waals surface area contributed by atoms with Crippen molar-refractivity contribution in [2.45, 2.75) is 71.6 Å². The van der Waals surface area contributed by atoms with Gasteiger partial charge < -0.3 is 24.9 Å². The lowest BCUT2D eigenvalue weighted by Gasteiger charge is -2.35. The number of amides is 2. The predicted molar refractivity (Wildman–Crippen MR) is 170 cm³/mol. The number of carboxylic acids is 1. The SMILES string of the molecule is Cc1ccc(N(CCCN2CC3CN(C(=O)c4c(C)ncnc4C)CC3C2)C(=O)C2CCC(C)(O)CC2)cc1Cl.O=C(O)C(F)(F)F. The van der Waals surface area contributed by atoms with Crippen LogP contribution in [-0.4, -0.2) is 98.8 Å². The molecule has 2 atom stereocenters. The summed E-state index contributed by atoms with van der Waals surface area (Å²) >= 11 is 6.45. The maximum atomic E-state index is 13.7. The van der Waals surface area contributed by atoms with Crippen molar-refractivity contribution < 1.29 is 37.8 Å². The van der Waals surface area contributed by atoms with Crippen molar-refractivity contribution >= 4 is 35.1 Å². The minimum atomic E-state index is -5.08. The molecule has 3 aliphatic rings. The Labute approximate surface area is 277 Å². The van der Waals surface area contributed by atoms with Crippen molar-refractivity contribution in [3.05, 3.63) is 52.1 Å². The molecule has 2 unspecified atom stereocenters. The smallest absolute Gasteiger partial charge is 0.475 e. The molecular formula is C33H43ClF3N5O5. The number of nitrogens with zero attached hydrogens (tertiary/aromatic N) is 5. The number of aromatic nitrogens is 2. The summed E-state index contributed by atoms with van der Waals surface area (Å²) in [5.41, 5.74) is 3.29. The number of aliphatic hydroxyl groups is 1. The minimum Gasteiger partial charge on any atom is -0.475 e. The van der Waals surface area contributed by atoms with E-state index >= 15 is 0 Å². The normalized spacial score (nSPS) is 24.4. The molecule has 0 radical (unpaired) electrons. The molecule has 10 nitrogen and oxygen atoms in total. The highest BCUT2D eigenvalue weighted by molar-refractivity contribution is 6.31. The largest absolute Gasteiger partial charge is 0.490 e. The van der Waals surface area contributed by atoms with Crippen molar-refractivity contribution in [2.75, 3.05) is 44.2 Å². The summed E-state index contributed by atoms with van der Waals surface area (Å²) in [4.78, 5) is 50.7. The van der Waals surface area contributed by atoms with Crippen LogP contribution in [0.1, 0.15) is 66.3 Å². The fourth-order valence-electron chi connectivity index (χ4n) is 6.77. The average Bonchev–Trinajstić information content (AvgIpc) is 3.55. The molecule has 0 bridgehead atoms. The Balaban J connectivity index is 0.000000644. The number of halogens is 4. The molecule has 258 valence electrons. The Morgan fingerprint density at radius 2 is 1.57 bits per heavy atom. The number of likely N-dealkylation sites (tertiary alicyclic amines) is 2. The third kappa shape index (κ3) is 9.20. The molecule has 1 aromatic heterocycles. The van der Waals surface area contributed by atoms with Gasteiger partial charge in [-0.25, -0.2) is 14.8 Å². The Bertz CT molecular complexity index is 1430. The van der Waals surface area contributed by atoms with Crippen LogP contribution in [0.15, 0.2) is 24.5 Å². The number of fused-ring (bicyclic) bond motifs is 1. The Morgan fingerprint density at radius 3 is 2.09 bits per heavy atom. The first kappa shape index (κ1) is 36.5. The number of hydrogen-bond acceptors (Lipinski definition) is 7. The maximum Gasteiger partial charge on any atom is 0.490 e. The number of alkyl halides is 3. The number of carboxylic acid groups (broad SMARTS) is 1. The van der Waals surface area contributed by atoms with Gasteiger partial charge >= 0.3 is 12.1 Å². The van der Waals surface area contributed by atoms with E-state index in [9.17, 15) is 27.9 Å². The highest BCUT2D eigenvalue weighted by atomic mass is 35.5. The van der Waals surface area contributed by atoms with Gasteiger partial charge in [0.15, 0.2) is 0 Å². The first-order valence-corrected chi connectivity index (χ1v) is 16.2. The second-order valence-corrected chi connectivity index (χ2v) is 13.7. The fourth-order valence-corrected chi connectivity index (χ4v) is 6.95. The van der Waals surface area contributed by atoms with Crippen molar-refractivity contribution in [1.82, 2.24) is 19.8 Å². The standard InChI is InChI=1S/C31H42ClN5O3.C2HF3O2/c1-20-6-7-26(14-27(20)32)37(29(38)23-8-10-31(4,40)11-9-23)13-5-12-35-15-24-17-36(18-25(24)16-35)30(39)28-21(2)33-19-34-22(28)3;3-2(4,5)1(6)7/h6-7,14,19,23-25,40H,5,8-13,15-18H2,1-4H3;(H,6,7). The molecule has 14 heteroatoms. The summed E-state index contributed by atoms with van der Waals surface area (Å²) in [5, 5.41) is 18.2. The maximum absolute atomic E-state index is 13.7. The minimum absolute atomic E-state index is 0.0479. The lowest BCUT2D eigenvalue weighted by Crippen LogP contribution is -2.42. The van der Waals surface area contributed by atoms with Gasteiger partial charge in [0.2, 0.25) is 5.91 Å². The third-order valence-electron chi connectivity index (χ3n) is 9.53. The van der Waals surface area contributed by atoms with Crippen molar-refractivity contribution in [1.29, 1.82) is 0 Å². The van der Waals surface area contributed by atoms with Gasteiger partial charge in [-0.2, -0.15) is 13.2 Å². The average molecular weight is 682 g/mol. The van der Waals surface area contributed by atoms with Gasteiger partial charge in [0.05, 0.1) is 22.6 Å². The monoisotopic (exact) mass is 681 g/mol. The van der Waals surface area contributed by atoms with Gasteiger partial charge in [0, 0.05) is 49.4 Å². The quantitative estimate of drug-likeness (QED) is 0.416. The molecule has 3 heterocycles. The van der Waals surface area contributed by atoms with Crippen LogP contribution in [-0.2, 0) is 9.59 Å². The van der Waals surface area contributed by atoms with Gasteiger partial charge in [0.1, 0.15) is 6.33 Å². The Hall–Kier alpha value is -3.29. The molecule has 2 amide bonds. The van der Waals surface area contributed by atoms with E-state index in [-0.39, 0.29) is 17.7 Å². The third-order valence-corrected chi connectivity index (χ3v) is 9.94. The topological polar surface area (TPSA) is 127 Å². The first-order chi connectivity index (χ1) is 22.0. The zero-order chi connectivity index (χ0) is 34.7. The number of benzene rings is 1. The van der Waals surface area contributed by atoms with Crippen LogP contribution in [0.4, 0.5) is 18.9 Å². The van der Waals surface area contributed by atoms with Crippen molar-refractivity contribution in [3.8, 4) is 0 Å². The van der Waals surface area contributed by atoms with Gasteiger partial charge in [-0.1, -0.05) is 17.7 Å². The molecule has 2 aliphatic heterocycles. The van der Waals surface area contributed by atoms with Crippen LogP contribution in [0.2, 0.25) is 5.02 Å². The predicted octanol–water partition coefficient (Wildman–Crippen LogP) is 5.06. The van der Waals surface area contributed by atoms with Crippen molar-refractivity contribution in [3.63, 3.8) is 0 Å². The first-order valence-electron chi connectivity index (χ1n) is 15.9. The van der Waals surface area contributed by atoms with E-state index in [1.54, 1.807) is 0 Å². The molecule has 2 saturated heterocycles. The highest BCUT2D eigenvalue weighted by Crippen LogP contribution is 2.35. The number of aliphatic carboxylic acids is 1. The van der Waals surface area contributed by atoms with Crippen LogP contribution in [0.3, 0.4) is 0 Å². The van der Waals surface area contributed by atoms with E-state index < -0.39 is 17.7 Å². The Kier molecular flexibility index (Phi) is 11.6. The Morgan fingerprint density at radius 1 is 1.02 bits per heavy atom. The number of rotatable bonds is 7. The molecule has 1 saturated carbocycles. The zero-order valence-corrected chi connectivity index (χ0v) is 27.9. The summed E-state index contributed by atoms with van der Waals surface area (Å²) in [6, 6.07) is 5.87. The molecule has 1 aliphatic carbocycles. The summed E-state index contributed by atoms with van der Waals surface area (Å²) < 4.78 is 31.7. The van der Waals surface area contributed by atoms with Crippen LogP contribution < -0.4 is 4.90 Å². The van der Waals surface area contributed by atoms with Gasteiger partial charge in [-0.15, -0.1) is 0 Å². The van der Waals surface area contributed by atoms with E-state index in [1.165, 1.54) is 6.33 Å². The second-order valence-electron chi connectivity index (χ2n) is 13.3. The van der Waals surface area contributed by atoms with Crippen LogP contribution >= 0.6 is 11.6 Å². The molecule has 5 rings (SSSR count). The van der Waals surface area contributed by atoms with Crippen LogP contribution in [0, 0.1) is 38.5 Å². The van der Waals surface area contributed by atoms with Gasteiger partial charge in [0.25, 0.3) is 5.91 Å². The lowest BCUT2D eigenvalue weighted by atomic mass is 9.79. The molecule has 0 spiro atoms. The van der Waals surface area contributed by atoms with Gasteiger partial charge in [-0.05, 0) is 95.9 Å². The zero-order valence-electron chi connectivity index (χ0n) is 27.2. The van der Waals surface area contributed by atoms with Crippen LogP contribution in [0.25, 0.3) is 0 Å². The molecular weight excluding hydrogens is 639 g/mol. The molecule has 1 aromatic carbocycles.